The van der Waals surface area contributed by atoms with Gasteiger partial charge >= 0.3 is 5.97 Å². The van der Waals surface area contributed by atoms with Crippen LogP contribution in [0.4, 0.5) is 0 Å². The van der Waals surface area contributed by atoms with Crippen molar-refractivity contribution in [3.05, 3.63) is 0 Å². The minimum Gasteiger partial charge on any atom is -0.462 e. The maximum absolute atomic E-state index is 10.9. The maximum atomic E-state index is 10.9. The Hall–Kier alpha value is -0.690. The van der Waals surface area contributed by atoms with Crippen LogP contribution >= 0.6 is 0 Å². The average molecular weight is 235 g/mol. The zero-order valence-corrected chi connectivity index (χ0v) is 10.5. The van der Waals surface area contributed by atoms with E-state index in [1.165, 1.54) is 0 Å². The van der Waals surface area contributed by atoms with Crippen LogP contribution in [0.5, 0.6) is 0 Å². The molecule has 6 heteroatoms. The molecule has 0 spiro atoms. The summed E-state index contributed by atoms with van der Waals surface area (Å²) in [5.74, 6) is -0.475. The summed E-state index contributed by atoms with van der Waals surface area (Å²) >= 11 is 0. The van der Waals surface area contributed by atoms with Gasteiger partial charge in [-0.1, -0.05) is 0 Å². The molecule has 0 aromatic rings. The van der Waals surface area contributed by atoms with Crippen molar-refractivity contribution in [1.82, 2.24) is 4.90 Å². The van der Waals surface area contributed by atoms with Crippen molar-refractivity contribution in [1.29, 1.82) is 0 Å². The van der Waals surface area contributed by atoms with E-state index in [1.807, 2.05) is 26.0 Å². The predicted molar refractivity (Wildman–Crippen MR) is 63.9 cm³/mol. The predicted octanol–water partition coefficient (Wildman–Crippen LogP) is -1.23. The van der Waals surface area contributed by atoms with Gasteiger partial charge in [-0.2, -0.15) is 0 Å². The Morgan fingerprint density at radius 3 is 2.31 bits per heavy atom. The normalized spacial score (nSPS) is 11.7. The quantitative estimate of drug-likeness (QED) is 0.498. The number of hydrogen-bond donors (Lipinski definition) is 3. The molecule has 0 aromatic heterocycles. The lowest BCUT2D eigenvalue weighted by Gasteiger charge is -2.09. The second-order valence-electron chi connectivity index (χ2n) is 3.77. The van der Waals surface area contributed by atoms with E-state index < -0.39 is 12.0 Å². The van der Waals surface area contributed by atoms with Gasteiger partial charge in [-0.25, -0.2) is 0 Å². The number of nitrogens with two attached hydrogens (primary N) is 2. The number of aliphatic hydroxyl groups excluding tert-OH is 1. The number of aliphatic hydroxyl groups is 1. The first-order valence-corrected chi connectivity index (χ1v) is 5.29. The van der Waals surface area contributed by atoms with E-state index in [1.54, 1.807) is 0 Å². The molecule has 0 fully saturated rings. The summed E-state index contributed by atoms with van der Waals surface area (Å²) in [4.78, 5) is 12.9. The molecule has 0 aliphatic heterocycles. The third kappa shape index (κ3) is 15.8. The van der Waals surface area contributed by atoms with Gasteiger partial charge in [-0.15, -0.1) is 0 Å². The second kappa shape index (κ2) is 12.4. The monoisotopic (exact) mass is 235 g/mol. The van der Waals surface area contributed by atoms with Crippen LogP contribution < -0.4 is 11.5 Å². The van der Waals surface area contributed by atoms with E-state index in [4.69, 9.17) is 16.6 Å². The molecule has 0 saturated heterocycles. The summed E-state index contributed by atoms with van der Waals surface area (Å²) in [6.07, 6.45) is 1.23. The van der Waals surface area contributed by atoms with E-state index in [0.717, 1.165) is 0 Å². The number of hydrogen-bond acceptors (Lipinski definition) is 6. The Morgan fingerprint density at radius 1 is 1.44 bits per heavy atom. The molecule has 0 bridgehead atoms. The van der Waals surface area contributed by atoms with Crippen molar-refractivity contribution in [3.8, 4) is 0 Å². The molecule has 0 aliphatic rings. The Balaban J connectivity index is 0. The number of carbonyl (C=O) groups is 1. The van der Waals surface area contributed by atoms with Crippen LogP contribution in [0.15, 0.2) is 0 Å². The number of carbonyl (C=O) groups excluding carboxylic acids is 1. The molecular weight excluding hydrogens is 210 g/mol. The lowest BCUT2D eigenvalue weighted by molar-refractivity contribution is -0.146. The Kier molecular flexibility index (Phi) is 13.7. The zero-order chi connectivity index (χ0) is 13.0. The zero-order valence-electron chi connectivity index (χ0n) is 10.5. The van der Waals surface area contributed by atoms with Gasteiger partial charge in [0.05, 0.1) is 6.61 Å². The highest BCUT2D eigenvalue weighted by Crippen LogP contribution is 1.95. The number of esters is 1. The molecule has 1 unspecified atom stereocenters. The summed E-state index contributed by atoms with van der Waals surface area (Å²) in [6.45, 7) is 0.353. The van der Waals surface area contributed by atoms with Crippen molar-refractivity contribution in [2.75, 3.05) is 40.9 Å². The number of rotatable bonds is 6. The van der Waals surface area contributed by atoms with Crippen molar-refractivity contribution in [3.63, 3.8) is 0 Å². The van der Waals surface area contributed by atoms with Crippen LogP contribution in [-0.2, 0) is 9.53 Å². The summed E-state index contributed by atoms with van der Waals surface area (Å²) in [7, 11) is 6.00. The number of nitrogens with zero attached hydrogens (tertiary/aromatic N) is 1. The first-order valence-electron chi connectivity index (χ1n) is 5.29. The highest BCUT2D eigenvalue weighted by molar-refractivity contribution is 5.75. The molecule has 0 saturated carbocycles. The Bertz CT molecular complexity index is 163. The first-order chi connectivity index (χ1) is 7.45. The van der Waals surface area contributed by atoms with Crippen LogP contribution in [0.1, 0.15) is 12.8 Å². The van der Waals surface area contributed by atoms with Crippen LogP contribution in [0.25, 0.3) is 0 Å². The van der Waals surface area contributed by atoms with Gasteiger partial charge in [-0.3, -0.25) is 4.79 Å². The fourth-order valence-electron chi connectivity index (χ4n) is 0.709. The van der Waals surface area contributed by atoms with E-state index >= 15 is 0 Å². The minimum atomic E-state index is -0.611. The van der Waals surface area contributed by atoms with Crippen LogP contribution in [0, 0.1) is 0 Å². The van der Waals surface area contributed by atoms with Crippen molar-refractivity contribution in [2.45, 2.75) is 18.9 Å². The van der Waals surface area contributed by atoms with Gasteiger partial charge in [0.2, 0.25) is 0 Å². The van der Waals surface area contributed by atoms with Gasteiger partial charge in [0, 0.05) is 0 Å². The lowest BCUT2D eigenvalue weighted by atomic mass is 10.2. The lowest BCUT2D eigenvalue weighted by Crippen LogP contribution is -2.33. The maximum Gasteiger partial charge on any atom is 0.322 e. The molecule has 0 rings (SSSR count). The highest BCUT2D eigenvalue weighted by atomic mass is 16.5. The highest BCUT2D eigenvalue weighted by Gasteiger charge is 2.13. The molecule has 0 aromatic carbocycles. The Labute approximate surface area is 97.5 Å². The average Bonchev–Trinajstić information content (AvgIpc) is 2.21. The van der Waals surface area contributed by atoms with E-state index in [0.29, 0.717) is 19.4 Å². The van der Waals surface area contributed by atoms with Gasteiger partial charge in [0.1, 0.15) is 12.6 Å². The van der Waals surface area contributed by atoms with E-state index in [-0.39, 0.29) is 13.2 Å². The second-order valence-corrected chi connectivity index (χ2v) is 3.77. The van der Waals surface area contributed by atoms with Gasteiger partial charge in [0.15, 0.2) is 0 Å². The SMILES string of the molecule is CN(C)C.NCCCC(N)C(=O)OCCO. The van der Waals surface area contributed by atoms with Crippen LogP contribution in [-0.4, -0.2) is 62.9 Å². The molecule has 98 valence electrons. The summed E-state index contributed by atoms with van der Waals surface area (Å²) in [5, 5.41) is 8.33. The molecule has 0 radical (unpaired) electrons. The van der Waals surface area contributed by atoms with Gasteiger partial charge in [0.25, 0.3) is 0 Å². The van der Waals surface area contributed by atoms with Gasteiger partial charge < -0.3 is 26.2 Å². The van der Waals surface area contributed by atoms with Gasteiger partial charge in [-0.05, 0) is 40.5 Å². The standard InChI is InChI=1S/C7H16N2O3.C3H9N/c8-3-1-2-6(9)7(11)12-5-4-10;1-4(2)3/h6,10H,1-5,8-9H2;1-3H3. The summed E-state index contributed by atoms with van der Waals surface area (Å²) in [6, 6.07) is -0.611. The third-order valence-electron chi connectivity index (χ3n) is 1.36. The van der Waals surface area contributed by atoms with E-state index in [9.17, 15) is 4.79 Å². The summed E-state index contributed by atoms with van der Waals surface area (Å²) < 4.78 is 4.60. The molecule has 0 heterocycles. The van der Waals surface area contributed by atoms with Crippen molar-refractivity contribution < 1.29 is 14.6 Å². The fraction of sp³-hybridized carbons (Fsp3) is 0.900. The Morgan fingerprint density at radius 2 is 1.94 bits per heavy atom. The minimum absolute atomic E-state index is 0.00909. The summed E-state index contributed by atoms with van der Waals surface area (Å²) in [5.41, 5.74) is 10.7. The van der Waals surface area contributed by atoms with Crippen molar-refractivity contribution in [2.24, 2.45) is 11.5 Å². The largest absolute Gasteiger partial charge is 0.462 e. The molecule has 1 atom stereocenters. The molecule has 6 nitrogen and oxygen atoms in total. The fourth-order valence-corrected chi connectivity index (χ4v) is 0.709. The first kappa shape index (κ1) is 17.7. The molecule has 5 N–H and O–H groups in total. The topological polar surface area (TPSA) is 102 Å². The van der Waals surface area contributed by atoms with E-state index in [2.05, 4.69) is 4.74 Å². The van der Waals surface area contributed by atoms with Crippen LogP contribution in [0.2, 0.25) is 0 Å². The van der Waals surface area contributed by atoms with Crippen LogP contribution in [0.3, 0.4) is 0 Å². The molecule has 16 heavy (non-hydrogen) atoms. The smallest absolute Gasteiger partial charge is 0.322 e. The third-order valence-corrected chi connectivity index (χ3v) is 1.36. The molecule has 0 aliphatic carbocycles. The number of ether oxygens (including phenoxy) is 1. The van der Waals surface area contributed by atoms with Crippen molar-refractivity contribution >= 4 is 5.97 Å². The molecule has 0 amide bonds. The molecular formula is C10H25N3O3.